The SMILES string of the molecule is CC[NH+](C)CC(=O)Nc1cccc(OC)c1. The fourth-order valence-electron chi connectivity index (χ4n) is 1.31. The van der Waals surface area contributed by atoms with Crippen LogP contribution in [0.25, 0.3) is 0 Å². The van der Waals surface area contributed by atoms with Crippen LogP contribution in [0.2, 0.25) is 0 Å². The summed E-state index contributed by atoms with van der Waals surface area (Å²) in [7, 11) is 3.60. The first-order chi connectivity index (χ1) is 7.65. The van der Waals surface area contributed by atoms with Gasteiger partial charge in [-0.25, -0.2) is 0 Å². The van der Waals surface area contributed by atoms with E-state index in [1.165, 1.54) is 4.90 Å². The topological polar surface area (TPSA) is 42.8 Å². The first kappa shape index (κ1) is 12.5. The maximum atomic E-state index is 11.6. The summed E-state index contributed by atoms with van der Waals surface area (Å²) in [5.41, 5.74) is 0.772. The fraction of sp³-hybridized carbons (Fsp3) is 0.417. The molecule has 0 radical (unpaired) electrons. The van der Waals surface area contributed by atoms with Gasteiger partial charge in [-0.1, -0.05) is 6.07 Å². The number of amides is 1. The first-order valence-electron chi connectivity index (χ1n) is 5.41. The van der Waals surface area contributed by atoms with Gasteiger partial charge in [0.1, 0.15) is 5.75 Å². The number of hydrogen-bond donors (Lipinski definition) is 2. The zero-order valence-corrected chi connectivity index (χ0v) is 10.0. The van der Waals surface area contributed by atoms with E-state index >= 15 is 0 Å². The molecule has 1 atom stereocenters. The maximum Gasteiger partial charge on any atom is 0.279 e. The Morgan fingerprint density at radius 2 is 2.25 bits per heavy atom. The molecule has 1 rings (SSSR count). The van der Waals surface area contributed by atoms with Crippen molar-refractivity contribution in [1.29, 1.82) is 0 Å². The molecule has 0 saturated carbocycles. The highest BCUT2D eigenvalue weighted by atomic mass is 16.5. The van der Waals surface area contributed by atoms with Crippen molar-refractivity contribution < 1.29 is 14.4 Å². The lowest BCUT2D eigenvalue weighted by molar-refractivity contribution is -0.868. The second-order valence-electron chi connectivity index (χ2n) is 3.77. The van der Waals surface area contributed by atoms with E-state index in [1.807, 2.05) is 32.2 Å². The third kappa shape index (κ3) is 3.90. The van der Waals surface area contributed by atoms with Crippen molar-refractivity contribution in [2.75, 3.05) is 32.6 Å². The van der Waals surface area contributed by atoms with Crippen LogP contribution in [-0.2, 0) is 4.79 Å². The molecule has 0 spiro atoms. The van der Waals surface area contributed by atoms with Gasteiger partial charge < -0.3 is 15.0 Å². The molecule has 2 N–H and O–H groups in total. The summed E-state index contributed by atoms with van der Waals surface area (Å²) in [4.78, 5) is 12.8. The average Bonchev–Trinajstić information content (AvgIpc) is 2.28. The number of hydrogen-bond acceptors (Lipinski definition) is 2. The van der Waals surface area contributed by atoms with E-state index in [4.69, 9.17) is 4.74 Å². The van der Waals surface area contributed by atoms with E-state index < -0.39 is 0 Å². The Balaban J connectivity index is 2.55. The summed E-state index contributed by atoms with van der Waals surface area (Å²) in [6.45, 7) is 3.47. The van der Waals surface area contributed by atoms with Crippen LogP contribution in [0.15, 0.2) is 24.3 Å². The second kappa shape index (κ2) is 6.12. The molecular weight excluding hydrogens is 204 g/mol. The summed E-state index contributed by atoms with van der Waals surface area (Å²) in [6.07, 6.45) is 0. The number of ether oxygens (including phenoxy) is 1. The van der Waals surface area contributed by atoms with Crippen molar-refractivity contribution in [2.24, 2.45) is 0 Å². The first-order valence-corrected chi connectivity index (χ1v) is 5.41. The highest BCUT2D eigenvalue weighted by molar-refractivity contribution is 5.91. The van der Waals surface area contributed by atoms with E-state index in [9.17, 15) is 4.79 Å². The molecule has 1 aromatic rings. The van der Waals surface area contributed by atoms with E-state index in [2.05, 4.69) is 5.32 Å². The molecule has 0 saturated heterocycles. The Bertz CT molecular complexity index is 353. The average molecular weight is 223 g/mol. The zero-order chi connectivity index (χ0) is 12.0. The van der Waals surface area contributed by atoms with Crippen LogP contribution in [0, 0.1) is 0 Å². The number of anilines is 1. The lowest BCUT2D eigenvalue weighted by Gasteiger charge is -2.11. The molecule has 4 nitrogen and oxygen atoms in total. The van der Waals surface area contributed by atoms with Gasteiger partial charge in [-0.05, 0) is 19.1 Å². The highest BCUT2D eigenvalue weighted by Gasteiger charge is 2.08. The third-order valence-corrected chi connectivity index (χ3v) is 2.42. The van der Waals surface area contributed by atoms with Gasteiger partial charge in [0.05, 0.1) is 20.7 Å². The highest BCUT2D eigenvalue weighted by Crippen LogP contribution is 2.16. The van der Waals surface area contributed by atoms with Gasteiger partial charge in [0.15, 0.2) is 6.54 Å². The standard InChI is InChI=1S/C12H18N2O2/c1-4-14(2)9-12(15)13-10-6-5-7-11(8-10)16-3/h5-8H,4,9H2,1-3H3,(H,13,15)/p+1. The summed E-state index contributed by atoms with van der Waals surface area (Å²) in [6, 6.07) is 7.35. The normalized spacial score (nSPS) is 11.9. The van der Waals surface area contributed by atoms with Crippen molar-refractivity contribution in [3.63, 3.8) is 0 Å². The number of likely N-dealkylation sites (N-methyl/N-ethyl adjacent to an activating group) is 1. The smallest absolute Gasteiger partial charge is 0.279 e. The quantitative estimate of drug-likeness (QED) is 0.747. The van der Waals surface area contributed by atoms with Crippen LogP contribution >= 0.6 is 0 Å². The minimum atomic E-state index is 0.0209. The molecule has 0 aliphatic carbocycles. The van der Waals surface area contributed by atoms with Crippen molar-refractivity contribution in [3.8, 4) is 5.75 Å². The molecule has 0 heterocycles. The van der Waals surface area contributed by atoms with Gasteiger partial charge >= 0.3 is 0 Å². The monoisotopic (exact) mass is 223 g/mol. The molecule has 4 heteroatoms. The molecule has 1 amide bonds. The van der Waals surface area contributed by atoms with Gasteiger partial charge in [0, 0.05) is 11.8 Å². The van der Waals surface area contributed by atoms with Gasteiger partial charge in [-0.15, -0.1) is 0 Å². The van der Waals surface area contributed by atoms with Crippen molar-refractivity contribution in [1.82, 2.24) is 0 Å². The van der Waals surface area contributed by atoms with Crippen molar-refractivity contribution in [2.45, 2.75) is 6.92 Å². The number of rotatable bonds is 5. The number of benzene rings is 1. The van der Waals surface area contributed by atoms with E-state index in [1.54, 1.807) is 13.2 Å². The predicted molar refractivity (Wildman–Crippen MR) is 63.9 cm³/mol. The molecule has 1 unspecified atom stereocenters. The molecule has 88 valence electrons. The van der Waals surface area contributed by atoms with Gasteiger partial charge in [-0.2, -0.15) is 0 Å². The maximum absolute atomic E-state index is 11.6. The number of carbonyl (C=O) groups excluding carboxylic acids is 1. The minimum absolute atomic E-state index is 0.0209. The third-order valence-electron chi connectivity index (χ3n) is 2.42. The Kier molecular flexibility index (Phi) is 4.79. The number of carbonyl (C=O) groups is 1. The lowest BCUT2D eigenvalue weighted by Crippen LogP contribution is -3.09. The van der Waals surface area contributed by atoms with Crippen LogP contribution in [0.1, 0.15) is 6.92 Å². The Morgan fingerprint density at radius 1 is 1.50 bits per heavy atom. The van der Waals surface area contributed by atoms with Crippen LogP contribution in [-0.4, -0.2) is 33.2 Å². The number of nitrogens with one attached hydrogen (secondary N) is 2. The molecule has 0 bridgehead atoms. The van der Waals surface area contributed by atoms with E-state index in [0.717, 1.165) is 18.0 Å². The molecular formula is C12H19N2O2+. The molecule has 0 aromatic heterocycles. The van der Waals surface area contributed by atoms with Gasteiger partial charge in [-0.3, -0.25) is 4.79 Å². The van der Waals surface area contributed by atoms with E-state index in [0.29, 0.717) is 6.54 Å². The molecule has 0 aliphatic heterocycles. The molecule has 1 aromatic carbocycles. The summed E-state index contributed by atoms with van der Waals surface area (Å²) < 4.78 is 5.08. The van der Waals surface area contributed by atoms with E-state index in [-0.39, 0.29) is 5.91 Å². The zero-order valence-electron chi connectivity index (χ0n) is 10.0. The summed E-state index contributed by atoms with van der Waals surface area (Å²) in [5, 5.41) is 2.84. The predicted octanol–water partition coefficient (Wildman–Crippen LogP) is 0.168. The molecule has 0 aliphatic rings. The molecule has 0 fully saturated rings. The number of quaternary nitrogens is 1. The van der Waals surface area contributed by atoms with Crippen LogP contribution in [0.4, 0.5) is 5.69 Å². The summed E-state index contributed by atoms with van der Waals surface area (Å²) in [5.74, 6) is 0.765. The Morgan fingerprint density at radius 3 is 2.88 bits per heavy atom. The largest absolute Gasteiger partial charge is 0.497 e. The molecule has 16 heavy (non-hydrogen) atoms. The van der Waals surface area contributed by atoms with Crippen molar-refractivity contribution in [3.05, 3.63) is 24.3 Å². The Hall–Kier alpha value is -1.55. The van der Waals surface area contributed by atoms with Crippen LogP contribution in [0.5, 0.6) is 5.75 Å². The van der Waals surface area contributed by atoms with Crippen LogP contribution < -0.4 is 15.0 Å². The number of methoxy groups -OCH3 is 1. The van der Waals surface area contributed by atoms with Crippen molar-refractivity contribution >= 4 is 11.6 Å². The Labute approximate surface area is 96.2 Å². The van der Waals surface area contributed by atoms with Gasteiger partial charge in [0.2, 0.25) is 0 Å². The van der Waals surface area contributed by atoms with Gasteiger partial charge in [0.25, 0.3) is 5.91 Å². The van der Waals surface area contributed by atoms with Crippen LogP contribution in [0.3, 0.4) is 0 Å². The summed E-state index contributed by atoms with van der Waals surface area (Å²) >= 11 is 0. The minimum Gasteiger partial charge on any atom is -0.497 e. The fourth-order valence-corrected chi connectivity index (χ4v) is 1.31. The second-order valence-corrected chi connectivity index (χ2v) is 3.77. The lowest BCUT2D eigenvalue weighted by atomic mass is 10.3.